The van der Waals surface area contributed by atoms with E-state index in [0.29, 0.717) is 44.0 Å². The summed E-state index contributed by atoms with van der Waals surface area (Å²) in [6.45, 7) is 9.30. The number of hydrogen-bond acceptors (Lipinski definition) is 8. The quantitative estimate of drug-likeness (QED) is 0.188. The Kier molecular flexibility index (Phi) is 10.5. The first-order chi connectivity index (χ1) is 20.7. The van der Waals surface area contributed by atoms with Crippen molar-refractivity contribution in [1.82, 2.24) is 15.2 Å². The second-order valence-electron chi connectivity index (χ2n) is 11.0. The number of anilines is 1. The van der Waals surface area contributed by atoms with Crippen LogP contribution in [0.4, 0.5) is 5.82 Å². The third-order valence-electron chi connectivity index (χ3n) is 8.03. The molecule has 226 valence electrons. The van der Waals surface area contributed by atoms with Gasteiger partial charge in [0.05, 0.1) is 25.1 Å². The Morgan fingerprint density at radius 1 is 1.12 bits per heavy atom. The molecule has 10 nitrogen and oxygen atoms in total. The lowest BCUT2D eigenvalue weighted by atomic mass is 9.96. The van der Waals surface area contributed by atoms with Crippen LogP contribution in [0, 0.1) is 25.7 Å². The summed E-state index contributed by atoms with van der Waals surface area (Å²) in [7, 11) is 0. The Morgan fingerprint density at radius 2 is 1.81 bits per heavy atom. The number of aliphatic imine (C=N–C) groups is 1. The maximum absolute atomic E-state index is 12.8. The molecule has 2 heterocycles. The molecule has 5 N–H and O–H groups in total. The van der Waals surface area contributed by atoms with Gasteiger partial charge in [0.15, 0.2) is 0 Å². The largest absolute Gasteiger partial charge is 0.468 e. The normalized spacial score (nSPS) is 17.3. The van der Waals surface area contributed by atoms with Gasteiger partial charge in [-0.1, -0.05) is 24.3 Å². The third kappa shape index (κ3) is 7.97. The number of nitrogen functional groups attached to an aromatic ring is 1. The van der Waals surface area contributed by atoms with Crippen LogP contribution in [0.3, 0.4) is 0 Å². The highest BCUT2D eigenvalue weighted by Gasteiger charge is 2.46. The van der Waals surface area contributed by atoms with Crippen LogP contribution in [-0.2, 0) is 38.6 Å². The van der Waals surface area contributed by atoms with E-state index in [2.05, 4.69) is 20.0 Å². The Balaban J connectivity index is 0.000000782. The van der Waals surface area contributed by atoms with E-state index < -0.39 is 0 Å². The molecular formula is C33H40N6O4. The molecule has 2 aromatic carbocycles. The van der Waals surface area contributed by atoms with Crippen molar-refractivity contribution >= 4 is 41.1 Å². The average Bonchev–Trinajstić information content (AvgIpc) is 3.61. The first kappa shape index (κ1) is 31.2. The van der Waals surface area contributed by atoms with Crippen LogP contribution in [0.25, 0.3) is 10.8 Å². The number of nitrogens with zero attached hydrogens (tertiary/aromatic N) is 3. The number of nitrogens with two attached hydrogens (primary N) is 2. The zero-order valence-corrected chi connectivity index (χ0v) is 25.0. The van der Waals surface area contributed by atoms with E-state index in [0.717, 1.165) is 63.5 Å². The summed E-state index contributed by atoms with van der Waals surface area (Å²) >= 11 is 0. The minimum absolute atomic E-state index is 0.210. The molecule has 1 saturated carbocycles. The van der Waals surface area contributed by atoms with Gasteiger partial charge < -0.3 is 26.4 Å². The monoisotopic (exact) mass is 584 g/mol. The molecule has 2 atom stereocenters. The van der Waals surface area contributed by atoms with Crippen LogP contribution in [0.5, 0.6) is 0 Å². The molecule has 2 unspecified atom stereocenters. The fourth-order valence-electron chi connectivity index (χ4n) is 5.42. The van der Waals surface area contributed by atoms with Crippen LogP contribution in [0.15, 0.2) is 59.4 Å². The number of ether oxygens (including phenoxy) is 1. The molecule has 1 aromatic heterocycles. The van der Waals surface area contributed by atoms with Crippen molar-refractivity contribution in [2.75, 3.05) is 25.4 Å². The van der Waals surface area contributed by atoms with Crippen molar-refractivity contribution in [2.24, 2.45) is 22.6 Å². The van der Waals surface area contributed by atoms with Gasteiger partial charge in [-0.05, 0) is 84.4 Å². The zero-order valence-electron chi connectivity index (χ0n) is 25.0. The Bertz CT molecular complexity index is 1520. The van der Waals surface area contributed by atoms with Gasteiger partial charge in [-0.2, -0.15) is 0 Å². The summed E-state index contributed by atoms with van der Waals surface area (Å²) in [4.78, 5) is 45.1. The van der Waals surface area contributed by atoms with E-state index in [-0.39, 0.29) is 11.8 Å². The fourth-order valence-corrected chi connectivity index (χ4v) is 5.42. The SMILES string of the molecule is CCOC=O.Cc1cc2c(N)nccc2c(C)c1CNC(=O)/C(C=NCc1ccc(CC(=O)N2CC3CC3C2)cc1)=C/N. The van der Waals surface area contributed by atoms with Crippen molar-refractivity contribution in [3.05, 3.63) is 82.2 Å². The number of amides is 2. The van der Waals surface area contributed by atoms with Crippen LogP contribution in [0.2, 0.25) is 0 Å². The second kappa shape index (κ2) is 14.4. The number of hydrogen-bond donors (Lipinski definition) is 3. The molecule has 2 fully saturated rings. The van der Waals surface area contributed by atoms with Crippen molar-refractivity contribution in [2.45, 2.75) is 46.7 Å². The lowest BCUT2D eigenvalue weighted by molar-refractivity contribution is -0.130. The summed E-state index contributed by atoms with van der Waals surface area (Å²) < 4.78 is 4.15. The van der Waals surface area contributed by atoms with E-state index in [1.165, 1.54) is 18.8 Å². The van der Waals surface area contributed by atoms with E-state index in [4.69, 9.17) is 11.5 Å². The van der Waals surface area contributed by atoms with Crippen molar-refractivity contribution < 1.29 is 19.1 Å². The number of piperidine rings is 1. The van der Waals surface area contributed by atoms with Gasteiger partial charge in [-0.15, -0.1) is 0 Å². The summed E-state index contributed by atoms with van der Waals surface area (Å²) in [5, 5.41) is 4.88. The molecule has 2 amide bonds. The molecule has 1 saturated heterocycles. The zero-order chi connectivity index (χ0) is 30.9. The number of nitrogens with one attached hydrogen (secondary N) is 1. The lowest BCUT2D eigenvalue weighted by Gasteiger charge is -2.17. The minimum Gasteiger partial charge on any atom is -0.468 e. The molecule has 10 heteroatoms. The predicted molar refractivity (Wildman–Crippen MR) is 168 cm³/mol. The summed E-state index contributed by atoms with van der Waals surface area (Å²) in [6, 6.07) is 11.8. The van der Waals surface area contributed by atoms with Crippen LogP contribution in [0.1, 0.15) is 41.2 Å². The summed E-state index contributed by atoms with van der Waals surface area (Å²) in [5.41, 5.74) is 17.2. The highest BCUT2D eigenvalue weighted by Crippen LogP contribution is 2.44. The van der Waals surface area contributed by atoms with Gasteiger partial charge in [-0.25, -0.2) is 4.98 Å². The Hall–Kier alpha value is -4.73. The van der Waals surface area contributed by atoms with Crippen molar-refractivity contribution in [1.29, 1.82) is 0 Å². The van der Waals surface area contributed by atoms with Gasteiger partial charge in [-0.3, -0.25) is 19.4 Å². The van der Waals surface area contributed by atoms with Crippen LogP contribution >= 0.6 is 0 Å². The molecule has 0 spiro atoms. The van der Waals surface area contributed by atoms with E-state index in [1.807, 2.05) is 55.1 Å². The maximum Gasteiger partial charge on any atom is 0.293 e. The Morgan fingerprint density at radius 3 is 2.44 bits per heavy atom. The smallest absolute Gasteiger partial charge is 0.293 e. The Labute approximate surface area is 252 Å². The van der Waals surface area contributed by atoms with Gasteiger partial charge in [0, 0.05) is 43.6 Å². The van der Waals surface area contributed by atoms with Gasteiger partial charge in [0.2, 0.25) is 5.91 Å². The average molecular weight is 585 g/mol. The number of aryl methyl sites for hydroxylation is 2. The molecule has 43 heavy (non-hydrogen) atoms. The molecule has 2 aliphatic rings. The standard InChI is InChI=1S/C30H34N6O2.C3H6O2/c1-18-9-26-25(7-8-34-29(26)32)19(2)27(18)15-35-30(38)24(12-31)14-33-13-21-5-3-20(4-6-21)10-28(37)36-16-22-11-23(22)17-36;1-2-5-3-4/h3-9,12,14,22-23H,10-11,13,15-17,31H2,1-2H3,(H2,32,34)(H,35,38);3H,2H2,1H3/b24-12+,33-14?;. The summed E-state index contributed by atoms with van der Waals surface area (Å²) in [5.74, 6) is 1.91. The van der Waals surface area contributed by atoms with Gasteiger partial charge in [0.25, 0.3) is 12.4 Å². The highest BCUT2D eigenvalue weighted by molar-refractivity contribution is 6.12. The molecule has 3 aromatic rings. The number of carbonyl (C=O) groups is 3. The number of pyridine rings is 1. The van der Waals surface area contributed by atoms with Gasteiger partial charge in [0.1, 0.15) is 5.82 Å². The first-order valence-electron chi connectivity index (χ1n) is 14.5. The lowest BCUT2D eigenvalue weighted by Crippen LogP contribution is -2.31. The number of fused-ring (bicyclic) bond motifs is 2. The van der Waals surface area contributed by atoms with Crippen molar-refractivity contribution in [3.63, 3.8) is 0 Å². The van der Waals surface area contributed by atoms with Crippen LogP contribution < -0.4 is 16.8 Å². The molecule has 0 radical (unpaired) electrons. The van der Waals surface area contributed by atoms with Gasteiger partial charge >= 0.3 is 0 Å². The highest BCUT2D eigenvalue weighted by atomic mass is 16.5. The van der Waals surface area contributed by atoms with E-state index in [9.17, 15) is 14.4 Å². The molecular weight excluding hydrogens is 544 g/mol. The third-order valence-corrected chi connectivity index (χ3v) is 8.03. The summed E-state index contributed by atoms with van der Waals surface area (Å²) in [6.07, 6.45) is 6.18. The van der Waals surface area contributed by atoms with E-state index in [1.54, 1.807) is 13.1 Å². The molecule has 1 aliphatic heterocycles. The molecule has 0 bridgehead atoms. The fraction of sp³-hybridized carbons (Fsp3) is 0.364. The molecule has 1 aliphatic carbocycles. The molecule has 5 rings (SSSR count). The predicted octanol–water partition coefficient (Wildman–Crippen LogP) is 3.36. The number of benzene rings is 2. The number of likely N-dealkylation sites (tertiary alicyclic amines) is 1. The second-order valence-corrected chi connectivity index (χ2v) is 11.0. The van der Waals surface area contributed by atoms with Crippen molar-refractivity contribution in [3.8, 4) is 0 Å². The number of aromatic nitrogens is 1. The number of rotatable bonds is 10. The number of carbonyl (C=O) groups excluding carboxylic acids is 3. The van der Waals surface area contributed by atoms with Crippen LogP contribution in [-0.4, -0.2) is 54.1 Å². The topological polar surface area (TPSA) is 153 Å². The van der Waals surface area contributed by atoms with E-state index >= 15 is 0 Å². The first-order valence-corrected chi connectivity index (χ1v) is 14.5. The minimum atomic E-state index is -0.294. The maximum atomic E-state index is 12.8.